The third-order valence-corrected chi connectivity index (χ3v) is 2.30. The molecule has 0 aliphatic rings. The molecule has 0 radical (unpaired) electrons. The maximum Gasteiger partial charge on any atom is 0.251 e. The predicted molar refractivity (Wildman–Crippen MR) is 55.5 cm³/mol. The second kappa shape index (κ2) is 3.18. The number of benzene rings is 1. The van der Waals surface area contributed by atoms with Crippen LogP contribution in [0.2, 0.25) is 0 Å². The summed E-state index contributed by atoms with van der Waals surface area (Å²) in [4.78, 5) is 11.5. The van der Waals surface area contributed by atoms with Crippen molar-refractivity contribution in [1.29, 1.82) is 0 Å². The standard InChI is InChI=1S/C11H11NO2/c1-2-12-10(14)7-6-8-4-3-5-9(13)11(8)12/h3-7,13H,2H2,1H3. The topological polar surface area (TPSA) is 42.2 Å². The first-order valence-electron chi connectivity index (χ1n) is 4.55. The smallest absolute Gasteiger partial charge is 0.251 e. The van der Waals surface area contributed by atoms with Gasteiger partial charge in [-0.3, -0.25) is 4.79 Å². The number of pyridine rings is 1. The molecule has 0 atom stereocenters. The van der Waals surface area contributed by atoms with Crippen LogP contribution in [0.25, 0.3) is 10.9 Å². The molecule has 0 bridgehead atoms. The first-order chi connectivity index (χ1) is 6.74. The molecule has 0 saturated carbocycles. The van der Waals surface area contributed by atoms with Crippen LogP contribution in [-0.2, 0) is 6.54 Å². The van der Waals surface area contributed by atoms with Crippen LogP contribution < -0.4 is 5.56 Å². The van der Waals surface area contributed by atoms with E-state index in [2.05, 4.69) is 0 Å². The zero-order valence-corrected chi connectivity index (χ0v) is 7.90. The van der Waals surface area contributed by atoms with Gasteiger partial charge in [0.25, 0.3) is 5.56 Å². The minimum atomic E-state index is -0.0819. The minimum Gasteiger partial charge on any atom is -0.506 e. The number of para-hydroxylation sites is 1. The summed E-state index contributed by atoms with van der Waals surface area (Å²) in [6.45, 7) is 2.45. The van der Waals surface area contributed by atoms with Gasteiger partial charge in [0.1, 0.15) is 5.75 Å². The molecular weight excluding hydrogens is 178 g/mol. The lowest BCUT2D eigenvalue weighted by Gasteiger charge is -2.08. The second-order valence-corrected chi connectivity index (χ2v) is 3.13. The molecule has 1 N–H and O–H groups in total. The molecule has 14 heavy (non-hydrogen) atoms. The number of phenols is 1. The third-order valence-electron chi connectivity index (χ3n) is 2.30. The SMILES string of the molecule is CCn1c(=O)ccc2cccc(O)c21. The molecule has 0 aliphatic heterocycles. The van der Waals surface area contributed by atoms with Crippen LogP contribution in [-0.4, -0.2) is 9.67 Å². The lowest BCUT2D eigenvalue weighted by Crippen LogP contribution is -2.17. The molecule has 0 amide bonds. The lowest BCUT2D eigenvalue weighted by atomic mass is 10.2. The number of hydrogen-bond donors (Lipinski definition) is 1. The largest absolute Gasteiger partial charge is 0.506 e. The molecular formula is C11H11NO2. The van der Waals surface area contributed by atoms with Crippen LogP contribution in [0.4, 0.5) is 0 Å². The summed E-state index contributed by atoms with van der Waals surface area (Å²) in [7, 11) is 0. The molecule has 1 aromatic heterocycles. The highest BCUT2D eigenvalue weighted by Crippen LogP contribution is 2.22. The lowest BCUT2D eigenvalue weighted by molar-refractivity contribution is 0.477. The van der Waals surface area contributed by atoms with Gasteiger partial charge in [-0.15, -0.1) is 0 Å². The highest BCUT2D eigenvalue weighted by molar-refractivity contribution is 5.84. The van der Waals surface area contributed by atoms with E-state index in [1.54, 1.807) is 22.8 Å². The van der Waals surface area contributed by atoms with E-state index >= 15 is 0 Å². The summed E-state index contributed by atoms with van der Waals surface area (Å²) in [5.74, 6) is 0.155. The van der Waals surface area contributed by atoms with Gasteiger partial charge < -0.3 is 9.67 Å². The summed E-state index contributed by atoms with van der Waals surface area (Å²) < 4.78 is 1.56. The first-order valence-corrected chi connectivity index (χ1v) is 4.55. The average molecular weight is 189 g/mol. The maximum absolute atomic E-state index is 11.5. The van der Waals surface area contributed by atoms with Gasteiger partial charge in [0.05, 0.1) is 5.52 Å². The average Bonchev–Trinajstić information content (AvgIpc) is 2.19. The van der Waals surface area contributed by atoms with Crippen LogP contribution in [0, 0.1) is 0 Å². The molecule has 3 nitrogen and oxygen atoms in total. The fraction of sp³-hybridized carbons (Fsp3) is 0.182. The van der Waals surface area contributed by atoms with Crippen LogP contribution in [0.15, 0.2) is 35.1 Å². The summed E-state index contributed by atoms with van der Waals surface area (Å²) >= 11 is 0. The third kappa shape index (κ3) is 1.18. The Morgan fingerprint density at radius 3 is 2.79 bits per heavy atom. The number of aromatic nitrogens is 1. The zero-order valence-electron chi connectivity index (χ0n) is 7.90. The van der Waals surface area contributed by atoms with Crippen molar-refractivity contribution < 1.29 is 5.11 Å². The van der Waals surface area contributed by atoms with E-state index in [9.17, 15) is 9.90 Å². The first kappa shape index (κ1) is 8.81. The number of hydrogen-bond acceptors (Lipinski definition) is 2. The van der Waals surface area contributed by atoms with Crippen molar-refractivity contribution in [1.82, 2.24) is 4.57 Å². The fourth-order valence-corrected chi connectivity index (χ4v) is 1.65. The quantitative estimate of drug-likeness (QED) is 0.742. The van der Waals surface area contributed by atoms with Crippen molar-refractivity contribution in [2.75, 3.05) is 0 Å². The molecule has 1 aromatic carbocycles. The summed E-state index contributed by atoms with van der Waals surface area (Å²) in [6.07, 6.45) is 0. The molecule has 72 valence electrons. The van der Waals surface area contributed by atoms with Crippen molar-refractivity contribution in [3.8, 4) is 5.75 Å². The minimum absolute atomic E-state index is 0.0819. The summed E-state index contributed by atoms with van der Waals surface area (Å²) in [5, 5.41) is 10.5. The van der Waals surface area contributed by atoms with E-state index in [1.165, 1.54) is 6.07 Å². The van der Waals surface area contributed by atoms with Crippen molar-refractivity contribution in [3.05, 3.63) is 40.7 Å². The Bertz CT molecular complexity index is 528. The molecule has 3 heteroatoms. The van der Waals surface area contributed by atoms with E-state index in [-0.39, 0.29) is 11.3 Å². The number of aryl methyl sites for hydroxylation is 1. The Morgan fingerprint density at radius 1 is 1.29 bits per heavy atom. The van der Waals surface area contributed by atoms with Gasteiger partial charge in [-0.05, 0) is 19.1 Å². The maximum atomic E-state index is 11.5. The van der Waals surface area contributed by atoms with Gasteiger partial charge >= 0.3 is 0 Å². The summed E-state index contributed by atoms with van der Waals surface area (Å²) in [5.41, 5.74) is 0.531. The second-order valence-electron chi connectivity index (χ2n) is 3.13. The van der Waals surface area contributed by atoms with Crippen LogP contribution in [0.5, 0.6) is 5.75 Å². The molecule has 1 heterocycles. The van der Waals surface area contributed by atoms with Crippen LogP contribution in [0.1, 0.15) is 6.92 Å². The van der Waals surface area contributed by atoms with Gasteiger partial charge in [-0.2, -0.15) is 0 Å². The Balaban J connectivity index is 2.99. The zero-order chi connectivity index (χ0) is 10.1. The van der Waals surface area contributed by atoms with Crippen molar-refractivity contribution in [2.24, 2.45) is 0 Å². The van der Waals surface area contributed by atoms with Crippen LogP contribution >= 0.6 is 0 Å². The van der Waals surface area contributed by atoms with Crippen molar-refractivity contribution >= 4 is 10.9 Å². The number of fused-ring (bicyclic) bond motifs is 1. The Kier molecular flexibility index (Phi) is 2.00. The van der Waals surface area contributed by atoms with Crippen LogP contribution in [0.3, 0.4) is 0 Å². The van der Waals surface area contributed by atoms with E-state index in [1.807, 2.05) is 13.0 Å². The van der Waals surface area contributed by atoms with Crippen molar-refractivity contribution in [3.63, 3.8) is 0 Å². The molecule has 0 aliphatic carbocycles. The van der Waals surface area contributed by atoms with Crippen molar-refractivity contribution in [2.45, 2.75) is 13.5 Å². The molecule has 0 saturated heterocycles. The van der Waals surface area contributed by atoms with Gasteiger partial charge in [0, 0.05) is 18.0 Å². The van der Waals surface area contributed by atoms with Gasteiger partial charge in [-0.1, -0.05) is 12.1 Å². The van der Waals surface area contributed by atoms with E-state index in [4.69, 9.17) is 0 Å². The van der Waals surface area contributed by atoms with E-state index in [0.29, 0.717) is 12.1 Å². The Hall–Kier alpha value is -1.77. The number of aromatic hydroxyl groups is 1. The highest BCUT2D eigenvalue weighted by atomic mass is 16.3. The number of rotatable bonds is 1. The normalized spacial score (nSPS) is 10.6. The summed E-state index contributed by atoms with van der Waals surface area (Å²) in [6, 6.07) is 8.48. The molecule has 2 rings (SSSR count). The molecule has 2 aromatic rings. The molecule has 0 fully saturated rings. The molecule has 0 spiro atoms. The van der Waals surface area contributed by atoms with Gasteiger partial charge in [-0.25, -0.2) is 0 Å². The van der Waals surface area contributed by atoms with Gasteiger partial charge in [0.15, 0.2) is 0 Å². The monoisotopic (exact) mass is 189 g/mol. The van der Waals surface area contributed by atoms with E-state index in [0.717, 1.165) is 5.39 Å². The number of phenolic OH excluding ortho intramolecular Hbond substituents is 1. The highest BCUT2D eigenvalue weighted by Gasteiger charge is 2.04. The molecule has 0 unspecified atom stereocenters. The number of nitrogens with zero attached hydrogens (tertiary/aromatic N) is 1. The van der Waals surface area contributed by atoms with Gasteiger partial charge in [0.2, 0.25) is 0 Å². The Labute approximate surface area is 81.2 Å². The van der Waals surface area contributed by atoms with E-state index < -0.39 is 0 Å². The predicted octanol–water partition coefficient (Wildman–Crippen LogP) is 1.73. The Morgan fingerprint density at radius 2 is 2.07 bits per heavy atom. The fourth-order valence-electron chi connectivity index (χ4n) is 1.65.